The van der Waals surface area contributed by atoms with E-state index < -0.39 is 6.10 Å². The summed E-state index contributed by atoms with van der Waals surface area (Å²) in [6.07, 6.45) is 3.06. The number of piperidine rings is 1. The lowest BCUT2D eigenvalue weighted by Crippen LogP contribution is -2.47. The fourth-order valence-electron chi connectivity index (χ4n) is 2.92. The fourth-order valence-corrected chi connectivity index (χ4v) is 2.92. The highest BCUT2D eigenvalue weighted by molar-refractivity contribution is 5.37. The van der Waals surface area contributed by atoms with E-state index in [0.717, 1.165) is 31.7 Å². The second-order valence-electron chi connectivity index (χ2n) is 5.85. The van der Waals surface area contributed by atoms with Gasteiger partial charge in [0, 0.05) is 31.9 Å². The third-order valence-corrected chi connectivity index (χ3v) is 4.14. The van der Waals surface area contributed by atoms with Crippen LogP contribution in [0, 0.1) is 5.82 Å². The summed E-state index contributed by atoms with van der Waals surface area (Å²) in [7, 11) is 0. The second-order valence-corrected chi connectivity index (χ2v) is 5.85. The van der Waals surface area contributed by atoms with E-state index in [0.29, 0.717) is 12.1 Å². The van der Waals surface area contributed by atoms with Crippen molar-refractivity contribution in [3.8, 4) is 0 Å². The van der Waals surface area contributed by atoms with Gasteiger partial charge < -0.3 is 15.3 Å². The van der Waals surface area contributed by atoms with Crippen LogP contribution in [0.3, 0.4) is 0 Å². The first-order valence-corrected chi connectivity index (χ1v) is 7.92. The van der Waals surface area contributed by atoms with E-state index in [1.54, 1.807) is 18.3 Å². The molecule has 2 heterocycles. The molecule has 0 saturated carbocycles. The lowest BCUT2D eigenvalue weighted by Gasteiger charge is -2.34. The Bertz CT molecular complexity index is 625. The zero-order valence-electron chi connectivity index (χ0n) is 12.9. The minimum absolute atomic E-state index is 0.272. The minimum Gasteiger partial charge on any atom is -0.387 e. The average Bonchev–Trinajstić information content (AvgIpc) is 2.61. The Morgan fingerprint density at radius 2 is 2.26 bits per heavy atom. The summed E-state index contributed by atoms with van der Waals surface area (Å²) in [5, 5.41) is 21.6. The van der Waals surface area contributed by atoms with Crippen molar-refractivity contribution < 1.29 is 9.50 Å². The summed E-state index contributed by atoms with van der Waals surface area (Å²) in [5.41, 5.74) is 0.596. The first-order chi connectivity index (χ1) is 11.2. The van der Waals surface area contributed by atoms with Crippen LogP contribution in [0.5, 0.6) is 0 Å². The third kappa shape index (κ3) is 4.24. The van der Waals surface area contributed by atoms with Crippen LogP contribution < -0.4 is 10.2 Å². The van der Waals surface area contributed by atoms with E-state index >= 15 is 0 Å². The van der Waals surface area contributed by atoms with Crippen LogP contribution in [-0.4, -0.2) is 41.0 Å². The zero-order chi connectivity index (χ0) is 16.1. The summed E-state index contributed by atoms with van der Waals surface area (Å²) < 4.78 is 13.2. The molecule has 122 valence electrons. The Balaban J connectivity index is 1.54. The molecule has 1 saturated heterocycles. The molecule has 23 heavy (non-hydrogen) atoms. The third-order valence-electron chi connectivity index (χ3n) is 4.14. The molecule has 0 spiro atoms. The Labute approximate surface area is 135 Å². The molecule has 1 aromatic carbocycles. The van der Waals surface area contributed by atoms with E-state index in [2.05, 4.69) is 20.4 Å². The van der Waals surface area contributed by atoms with Crippen LogP contribution in [0.25, 0.3) is 0 Å². The Hall–Kier alpha value is -2.05. The maximum atomic E-state index is 13.2. The fraction of sp³-hybridized carbons (Fsp3) is 0.412. The van der Waals surface area contributed by atoms with Gasteiger partial charge in [-0.15, -0.1) is 5.10 Å². The predicted molar refractivity (Wildman–Crippen MR) is 86.6 cm³/mol. The summed E-state index contributed by atoms with van der Waals surface area (Å²) in [5.74, 6) is 0.553. The number of hydrogen-bond acceptors (Lipinski definition) is 5. The Kier molecular flexibility index (Phi) is 5.15. The van der Waals surface area contributed by atoms with E-state index in [4.69, 9.17) is 0 Å². The molecular formula is C17H21FN4O. The standard InChI is InChI=1S/C17H21FN4O/c18-14-5-1-4-13(10-14)16(23)11-19-15-6-3-9-22(12-15)17-7-2-8-20-21-17/h1-2,4-5,7-8,10,15-16,19,23H,3,6,9,11-12H2. The number of anilines is 1. The van der Waals surface area contributed by atoms with Gasteiger partial charge in [0.1, 0.15) is 5.82 Å². The smallest absolute Gasteiger partial charge is 0.151 e. The van der Waals surface area contributed by atoms with Crippen LogP contribution >= 0.6 is 0 Å². The number of nitrogens with zero attached hydrogens (tertiary/aromatic N) is 3. The molecule has 2 N–H and O–H groups in total. The monoisotopic (exact) mass is 316 g/mol. The normalized spacial score (nSPS) is 19.6. The van der Waals surface area contributed by atoms with Gasteiger partial charge >= 0.3 is 0 Å². The van der Waals surface area contributed by atoms with Gasteiger partial charge in [0.25, 0.3) is 0 Å². The van der Waals surface area contributed by atoms with Crippen LogP contribution in [0.2, 0.25) is 0 Å². The molecule has 2 atom stereocenters. The van der Waals surface area contributed by atoms with Gasteiger partial charge in [0.15, 0.2) is 5.82 Å². The number of rotatable bonds is 5. The summed E-state index contributed by atoms with van der Waals surface area (Å²) >= 11 is 0. The van der Waals surface area contributed by atoms with Crippen molar-refractivity contribution in [2.45, 2.75) is 25.0 Å². The van der Waals surface area contributed by atoms with Crippen LogP contribution in [0.15, 0.2) is 42.6 Å². The molecule has 5 nitrogen and oxygen atoms in total. The average molecular weight is 316 g/mol. The van der Waals surface area contributed by atoms with Crippen molar-refractivity contribution in [2.75, 3.05) is 24.5 Å². The van der Waals surface area contributed by atoms with Crippen molar-refractivity contribution in [1.82, 2.24) is 15.5 Å². The highest BCUT2D eigenvalue weighted by atomic mass is 19.1. The molecule has 0 aliphatic carbocycles. The Morgan fingerprint density at radius 1 is 1.35 bits per heavy atom. The van der Waals surface area contributed by atoms with Gasteiger partial charge in [-0.25, -0.2) is 4.39 Å². The van der Waals surface area contributed by atoms with E-state index in [9.17, 15) is 9.50 Å². The van der Waals surface area contributed by atoms with Gasteiger partial charge in [0.2, 0.25) is 0 Å². The number of aromatic nitrogens is 2. The van der Waals surface area contributed by atoms with Gasteiger partial charge in [0.05, 0.1) is 6.10 Å². The predicted octanol–water partition coefficient (Wildman–Crippen LogP) is 1.91. The molecule has 6 heteroatoms. The molecule has 2 aromatic rings. The summed E-state index contributed by atoms with van der Waals surface area (Å²) in [6.45, 7) is 2.19. The maximum absolute atomic E-state index is 13.2. The second kappa shape index (κ2) is 7.48. The van der Waals surface area contributed by atoms with E-state index in [1.807, 2.05) is 12.1 Å². The van der Waals surface area contributed by atoms with E-state index in [1.165, 1.54) is 12.1 Å². The zero-order valence-corrected chi connectivity index (χ0v) is 12.9. The van der Waals surface area contributed by atoms with Gasteiger partial charge in [-0.05, 0) is 42.7 Å². The molecule has 0 amide bonds. The summed E-state index contributed by atoms with van der Waals surface area (Å²) in [6, 6.07) is 10.2. The SMILES string of the molecule is OC(CNC1CCCN(c2cccnn2)C1)c1cccc(F)c1. The minimum atomic E-state index is -0.711. The molecule has 3 rings (SSSR count). The molecule has 1 aliphatic heterocycles. The van der Waals surface area contributed by atoms with Crippen molar-refractivity contribution in [3.63, 3.8) is 0 Å². The lowest BCUT2D eigenvalue weighted by molar-refractivity contribution is 0.167. The molecule has 1 fully saturated rings. The number of halogens is 1. The van der Waals surface area contributed by atoms with Crippen molar-refractivity contribution >= 4 is 5.82 Å². The maximum Gasteiger partial charge on any atom is 0.151 e. The first-order valence-electron chi connectivity index (χ1n) is 7.92. The van der Waals surface area contributed by atoms with Gasteiger partial charge in [-0.2, -0.15) is 5.10 Å². The highest BCUT2D eigenvalue weighted by Gasteiger charge is 2.21. The van der Waals surface area contributed by atoms with Crippen LogP contribution in [-0.2, 0) is 0 Å². The van der Waals surface area contributed by atoms with Crippen molar-refractivity contribution in [1.29, 1.82) is 0 Å². The Morgan fingerprint density at radius 3 is 3.04 bits per heavy atom. The number of aliphatic hydroxyl groups is 1. The van der Waals surface area contributed by atoms with Gasteiger partial charge in [-0.1, -0.05) is 12.1 Å². The van der Waals surface area contributed by atoms with Crippen molar-refractivity contribution in [3.05, 3.63) is 54.0 Å². The number of hydrogen-bond donors (Lipinski definition) is 2. The molecule has 2 unspecified atom stereocenters. The molecule has 1 aliphatic rings. The first kappa shape index (κ1) is 15.8. The number of benzene rings is 1. The lowest BCUT2D eigenvalue weighted by atomic mass is 10.0. The topological polar surface area (TPSA) is 61.3 Å². The molecule has 0 bridgehead atoms. The van der Waals surface area contributed by atoms with Crippen LogP contribution in [0.1, 0.15) is 24.5 Å². The quantitative estimate of drug-likeness (QED) is 0.882. The number of aliphatic hydroxyl groups excluding tert-OH is 1. The summed E-state index contributed by atoms with van der Waals surface area (Å²) in [4.78, 5) is 2.20. The largest absolute Gasteiger partial charge is 0.387 e. The van der Waals surface area contributed by atoms with Gasteiger partial charge in [-0.3, -0.25) is 0 Å². The van der Waals surface area contributed by atoms with Crippen molar-refractivity contribution in [2.24, 2.45) is 0 Å². The number of nitrogens with one attached hydrogen (secondary N) is 1. The molecule has 1 aromatic heterocycles. The highest BCUT2D eigenvalue weighted by Crippen LogP contribution is 2.18. The molecule has 0 radical (unpaired) electrons. The van der Waals surface area contributed by atoms with Crippen LogP contribution in [0.4, 0.5) is 10.2 Å². The van der Waals surface area contributed by atoms with E-state index in [-0.39, 0.29) is 11.9 Å². The molecular weight excluding hydrogens is 295 g/mol.